The van der Waals surface area contributed by atoms with Crippen molar-refractivity contribution in [2.75, 3.05) is 0 Å². The summed E-state index contributed by atoms with van der Waals surface area (Å²) in [7, 11) is 0. The third-order valence-corrected chi connectivity index (χ3v) is 0. The molecule has 0 aromatic heterocycles. The van der Waals surface area contributed by atoms with Crippen LogP contribution in [0.1, 0.15) is 0 Å². The van der Waals surface area contributed by atoms with Crippen LogP contribution >= 0.6 is 0 Å². The van der Waals surface area contributed by atoms with Gasteiger partial charge in [-0.2, -0.15) is 0 Å². The largest absolute Gasteiger partial charge is 1.00 e. The molecule has 6 heteroatoms. The number of hydrogen-bond acceptors (Lipinski definition) is 0. The zero-order valence-corrected chi connectivity index (χ0v) is 8.39. The Hall–Kier alpha value is 5.15. The number of hydrogen-bond donors (Lipinski definition) is 0. The number of halogens is 1. The Morgan fingerprint density at radius 3 is 1.00 bits per heavy atom. The molecule has 0 unspecified atom stereocenters. The molecule has 0 aliphatic heterocycles. The standard InChI is InChI=1S/Al.Ba.FH.Na.Tm.Zr.5H/h;;1H;;;;;;;;/q;;;+1;;;;;;;/p-1. The first-order chi connectivity index (χ1) is 0. The molecule has 0 saturated heterocycles. The molecule has 0 rings (SSSR count). The van der Waals surface area contributed by atoms with E-state index in [1.165, 1.54) is 0 Å². The van der Waals surface area contributed by atoms with E-state index in [0.717, 1.165) is 0 Å². The maximum Gasteiger partial charge on any atom is 1.00 e. The Morgan fingerprint density at radius 2 is 1.00 bits per heavy atom. The molecule has 0 saturated carbocycles. The van der Waals surface area contributed by atoms with Crippen molar-refractivity contribution in [1.82, 2.24) is 0 Å². The monoisotopic (exact) mass is 471 g/mol. The average molecular weight is 471 g/mol. The van der Waals surface area contributed by atoms with E-state index >= 15 is 0 Å². The Balaban J connectivity index is 0. The van der Waals surface area contributed by atoms with Crippen LogP contribution in [0.15, 0.2) is 0 Å². The molecule has 1 radical (unpaired) electrons. The molecule has 0 spiro atoms. The van der Waals surface area contributed by atoms with Crippen molar-refractivity contribution in [2.24, 2.45) is 0 Å². The van der Waals surface area contributed by atoms with E-state index in [0.29, 0.717) is 0 Å². The molecular weight excluding hydrogens is 466 g/mol. The van der Waals surface area contributed by atoms with Gasteiger partial charge in [-0.25, -0.2) is 0 Å². The van der Waals surface area contributed by atoms with Gasteiger partial charge in [0.15, 0.2) is 17.4 Å². The second-order valence-electron chi connectivity index (χ2n) is 0. The predicted molar refractivity (Wildman–Crippen MR) is 18.5 cm³/mol. The van der Waals surface area contributed by atoms with Gasteiger partial charge in [0.2, 0.25) is 0 Å². The van der Waals surface area contributed by atoms with Gasteiger partial charge >= 0.3 is 78.4 Å². The normalized spacial score (nSPS) is 0. The van der Waals surface area contributed by atoms with E-state index in [1.807, 2.05) is 0 Å². The van der Waals surface area contributed by atoms with E-state index in [1.54, 1.807) is 0 Å². The van der Waals surface area contributed by atoms with Crippen LogP contribution in [0.4, 0.5) is 0 Å². The average Bonchev–Trinajstić information content (AvgIpc) is 0. The zero-order valence-electron chi connectivity index (χ0n) is 2.16. The molecule has 6 heavy (non-hydrogen) atoms. The summed E-state index contributed by atoms with van der Waals surface area (Å²) < 4.78 is 0. The van der Waals surface area contributed by atoms with Crippen LogP contribution in [0.5, 0.6) is 0 Å². The van der Waals surface area contributed by atoms with Crippen molar-refractivity contribution in [3.63, 3.8) is 0 Å². The van der Waals surface area contributed by atoms with Gasteiger partial charge in [0.05, 0.1) is 0 Å². The van der Waals surface area contributed by atoms with Crippen LogP contribution in [0.25, 0.3) is 0 Å². The summed E-state index contributed by atoms with van der Waals surface area (Å²) in [5.74, 6) is 0. The summed E-state index contributed by atoms with van der Waals surface area (Å²) in [6.07, 6.45) is 0. The maximum absolute atomic E-state index is 0. The second-order valence-corrected chi connectivity index (χ2v) is 0. The Bertz CT molecular complexity index is 15.5. The van der Waals surface area contributed by atoms with Crippen molar-refractivity contribution < 1.29 is 97.3 Å². The predicted octanol–water partition coefficient (Wildman–Crippen LogP) is -8.09. The van der Waals surface area contributed by atoms with E-state index in [-0.39, 0.29) is 164 Å². The van der Waals surface area contributed by atoms with Crippen molar-refractivity contribution in [3.8, 4) is 0 Å². The molecular formula is H5AlBaFNaTmZr. The van der Waals surface area contributed by atoms with Crippen LogP contribution in [0, 0.1) is 36.9 Å². The fourth-order valence-corrected chi connectivity index (χ4v) is 0. The second kappa shape index (κ2) is 32.0. The fourth-order valence-electron chi connectivity index (χ4n) is 0. The molecule has 35 valence electrons. The van der Waals surface area contributed by atoms with E-state index in [4.69, 9.17) is 0 Å². The smallest absolute Gasteiger partial charge is 1.00 e. The Kier molecular flexibility index (Phi) is 231. The molecule has 0 N–H and O–H groups in total. The molecule has 0 fully saturated rings. The van der Waals surface area contributed by atoms with Crippen LogP contribution in [0.3, 0.4) is 0 Å². The quantitative estimate of drug-likeness (QED) is 0.308. The molecule has 0 aromatic carbocycles. The first kappa shape index (κ1) is 43.3. The molecule has 0 aliphatic rings. The van der Waals surface area contributed by atoms with Crippen LogP contribution in [-0.4, -0.2) is 66.2 Å². The zero-order chi connectivity index (χ0) is 0. The topological polar surface area (TPSA) is 0 Å². The minimum atomic E-state index is 0. The van der Waals surface area contributed by atoms with Gasteiger partial charge in [-0.1, -0.05) is 0 Å². The van der Waals surface area contributed by atoms with Crippen molar-refractivity contribution in [1.29, 1.82) is 0 Å². The maximum atomic E-state index is 0. The van der Waals surface area contributed by atoms with Gasteiger partial charge in [0, 0.05) is 63.1 Å². The molecule has 0 aliphatic carbocycles. The van der Waals surface area contributed by atoms with Crippen LogP contribution in [0.2, 0.25) is 0 Å². The SMILES string of the molecule is [AlH3].[BaH2].[F-].[Na+].[Tm].[Zr]. The van der Waals surface area contributed by atoms with Gasteiger partial charge in [0.25, 0.3) is 0 Å². The van der Waals surface area contributed by atoms with Crippen molar-refractivity contribution >= 4 is 66.2 Å². The van der Waals surface area contributed by atoms with E-state index < -0.39 is 0 Å². The van der Waals surface area contributed by atoms with Gasteiger partial charge in [0.1, 0.15) is 0 Å². The number of rotatable bonds is 0. The van der Waals surface area contributed by atoms with E-state index in [9.17, 15) is 0 Å². The van der Waals surface area contributed by atoms with Gasteiger partial charge in [-0.3, -0.25) is 0 Å². The van der Waals surface area contributed by atoms with Crippen molar-refractivity contribution in [3.05, 3.63) is 0 Å². The third-order valence-electron chi connectivity index (χ3n) is 0. The Labute approximate surface area is 159 Å². The molecule has 0 aromatic rings. The summed E-state index contributed by atoms with van der Waals surface area (Å²) in [5, 5.41) is 0. The fraction of sp³-hybridized carbons (Fsp3) is 0. The Morgan fingerprint density at radius 1 is 1.00 bits per heavy atom. The summed E-state index contributed by atoms with van der Waals surface area (Å²) in [6, 6.07) is 0. The van der Waals surface area contributed by atoms with Gasteiger partial charge in [-0.15, -0.1) is 0 Å². The molecule has 0 heterocycles. The minimum Gasteiger partial charge on any atom is -1.00 e. The molecule has 0 amide bonds. The third kappa shape index (κ3) is 22.9. The first-order valence-corrected chi connectivity index (χ1v) is 0. The first-order valence-electron chi connectivity index (χ1n) is 0. The minimum absolute atomic E-state index is 0. The summed E-state index contributed by atoms with van der Waals surface area (Å²) in [5.41, 5.74) is 0. The molecule has 0 nitrogen and oxygen atoms in total. The summed E-state index contributed by atoms with van der Waals surface area (Å²) in [6.45, 7) is 0. The summed E-state index contributed by atoms with van der Waals surface area (Å²) in [4.78, 5) is 0. The molecule has 0 atom stereocenters. The molecule has 0 bridgehead atoms. The van der Waals surface area contributed by atoms with E-state index in [2.05, 4.69) is 0 Å². The van der Waals surface area contributed by atoms with Crippen LogP contribution in [-0.2, 0) is 26.2 Å². The van der Waals surface area contributed by atoms with Gasteiger partial charge in [-0.05, 0) is 0 Å². The van der Waals surface area contributed by atoms with Crippen molar-refractivity contribution in [2.45, 2.75) is 0 Å². The van der Waals surface area contributed by atoms with Gasteiger partial charge < -0.3 is 4.70 Å². The van der Waals surface area contributed by atoms with Crippen LogP contribution < -0.4 is 34.3 Å². The summed E-state index contributed by atoms with van der Waals surface area (Å²) >= 11 is 0.